The van der Waals surface area contributed by atoms with Crippen molar-refractivity contribution in [1.29, 1.82) is 0 Å². The van der Waals surface area contributed by atoms with Crippen molar-refractivity contribution in [2.75, 3.05) is 6.54 Å². The quantitative estimate of drug-likeness (QED) is 0.895. The molecule has 3 N–H and O–H groups in total. The van der Waals surface area contributed by atoms with E-state index in [1.54, 1.807) is 0 Å². The third kappa shape index (κ3) is 2.94. The van der Waals surface area contributed by atoms with E-state index in [1.807, 2.05) is 42.5 Å². The molecule has 0 aliphatic carbocycles. The topological polar surface area (TPSA) is 55.1 Å². The number of nitrogens with one attached hydrogen (secondary N) is 1. The van der Waals surface area contributed by atoms with Crippen molar-refractivity contribution in [3.05, 3.63) is 69.7 Å². The number of nitrogens with two attached hydrogens (primary N) is 1. The number of halogens is 1. The molecule has 0 aromatic heterocycles. The van der Waals surface area contributed by atoms with E-state index in [0.717, 1.165) is 41.6 Å². The fourth-order valence-corrected chi connectivity index (χ4v) is 2.78. The van der Waals surface area contributed by atoms with Gasteiger partial charge in [-0.3, -0.25) is 4.79 Å². The van der Waals surface area contributed by atoms with Crippen LogP contribution in [-0.2, 0) is 6.42 Å². The molecule has 1 unspecified atom stereocenters. The molecular formula is C17H17ClN2O. The van der Waals surface area contributed by atoms with Crippen LogP contribution in [-0.4, -0.2) is 12.5 Å². The smallest absolute Gasteiger partial charge is 0.251 e. The lowest BCUT2D eigenvalue weighted by Gasteiger charge is -2.15. The fourth-order valence-electron chi connectivity index (χ4n) is 2.66. The molecule has 0 radical (unpaired) electrons. The van der Waals surface area contributed by atoms with E-state index in [-0.39, 0.29) is 11.9 Å². The summed E-state index contributed by atoms with van der Waals surface area (Å²) in [5.74, 6) is -0.00680. The molecule has 1 aliphatic heterocycles. The van der Waals surface area contributed by atoms with E-state index in [1.165, 1.54) is 0 Å². The van der Waals surface area contributed by atoms with Crippen molar-refractivity contribution in [1.82, 2.24) is 5.32 Å². The standard InChI is InChI=1S/C17H17ClN2O/c18-14-7-5-12(6-8-14)16(19)13-4-3-11-2-1-9-20-17(21)15(11)10-13/h3-8,10,16H,1-2,9,19H2,(H,20,21). The van der Waals surface area contributed by atoms with Gasteiger partial charge in [0.15, 0.2) is 0 Å². The van der Waals surface area contributed by atoms with E-state index in [2.05, 4.69) is 5.32 Å². The van der Waals surface area contributed by atoms with Gasteiger partial charge >= 0.3 is 0 Å². The fraction of sp³-hybridized carbons (Fsp3) is 0.235. The Morgan fingerprint density at radius 1 is 1.10 bits per heavy atom. The molecular weight excluding hydrogens is 284 g/mol. The number of hydrogen-bond acceptors (Lipinski definition) is 2. The summed E-state index contributed by atoms with van der Waals surface area (Å²) >= 11 is 5.90. The van der Waals surface area contributed by atoms with Crippen LogP contribution in [0.15, 0.2) is 42.5 Å². The Morgan fingerprint density at radius 3 is 2.57 bits per heavy atom. The molecule has 3 rings (SSSR count). The highest BCUT2D eigenvalue weighted by Gasteiger charge is 2.17. The summed E-state index contributed by atoms with van der Waals surface area (Å²) in [6.45, 7) is 0.728. The highest BCUT2D eigenvalue weighted by atomic mass is 35.5. The molecule has 0 spiro atoms. The first-order valence-corrected chi connectivity index (χ1v) is 7.45. The van der Waals surface area contributed by atoms with Gasteiger partial charge in [-0.15, -0.1) is 0 Å². The summed E-state index contributed by atoms with van der Waals surface area (Å²) < 4.78 is 0. The third-order valence-electron chi connectivity index (χ3n) is 3.88. The second kappa shape index (κ2) is 5.88. The van der Waals surface area contributed by atoms with E-state index >= 15 is 0 Å². The molecule has 0 fully saturated rings. The van der Waals surface area contributed by atoms with Crippen molar-refractivity contribution in [3.8, 4) is 0 Å². The molecule has 108 valence electrons. The summed E-state index contributed by atoms with van der Waals surface area (Å²) in [7, 11) is 0. The van der Waals surface area contributed by atoms with Crippen LogP contribution in [0, 0.1) is 0 Å². The average Bonchev–Trinajstić information content (AvgIpc) is 2.69. The predicted molar refractivity (Wildman–Crippen MR) is 84.6 cm³/mol. The molecule has 0 saturated heterocycles. The zero-order valence-corrected chi connectivity index (χ0v) is 12.4. The lowest BCUT2D eigenvalue weighted by Crippen LogP contribution is -2.23. The van der Waals surface area contributed by atoms with E-state index < -0.39 is 0 Å². The van der Waals surface area contributed by atoms with Crippen molar-refractivity contribution in [3.63, 3.8) is 0 Å². The van der Waals surface area contributed by atoms with Crippen LogP contribution in [0.3, 0.4) is 0 Å². The van der Waals surface area contributed by atoms with Gasteiger partial charge in [0.05, 0.1) is 6.04 Å². The van der Waals surface area contributed by atoms with Gasteiger partial charge in [0.1, 0.15) is 0 Å². The monoisotopic (exact) mass is 300 g/mol. The lowest BCUT2D eigenvalue weighted by atomic mass is 9.94. The van der Waals surface area contributed by atoms with Crippen LogP contribution in [0.5, 0.6) is 0 Å². The van der Waals surface area contributed by atoms with Crippen LogP contribution >= 0.6 is 11.6 Å². The highest BCUT2D eigenvalue weighted by molar-refractivity contribution is 6.30. The second-order valence-electron chi connectivity index (χ2n) is 5.31. The normalized spacial score (nSPS) is 15.8. The maximum atomic E-state index is 12.1. The van der Waals surface area contributed by atoms with Crippen LogP contribution in [0.25, 0.3) is 0 Å². The molecule has 2 aromatic carbocycles. The van der Waals surface area contributed by atoms with Gasteiger partial charge in [-0.1, -0.05) is 35.9 Å². The molecule has 3 nitrogen and oxygen atoms in total. The summed E-state index contributed by atoms with van der Waals surface area (Å²) in [4.78, 5) is 12.1. The number of rotatable bonds is 2. The molecule has 1 atom stereocenters. The van der Waals surface area contributed by atoms with Crippen molar-refractivity contribution in [2.45, 2.75) is 18.9 Å². The Morgan fingerprint density at radius 2 is 1.81 bits per heavy atom. The molecule has 2 aromatic rings. The number of benzene rings is 2. The number of amides is 1. The predicted octanol–water partition coefficient (Wildman–Crippen LogP) is 3.06. The first-order chi connectivity index (χ1) is 10.1. The van der Waals surface area contributed by atoms with Gasteiger partial charge in [-0.2, -0.15) is 0 Å². The third-order valence-corrected chi connectivity index (χ3v) is 4.13. The summed E-state index contributed by atoms with van der Waals surface area (Å²) in [6, 6.07) is 13.2. The number of hydrogen-bond donors (Lipinski definition) is 2. The molecule has 0 saturated carbocycles. The number of fused-ring (bicyclic) bond motifs is 1. The number of aryl methyl sites for hydroxylation is 1. The maximum Gasteiger partial charge on any atom is 0.251 e. The van der Waals surface area contributed by atoms with Crippen molar-refractivity contribution in [2.24, 2.45) is 5.73 Å². The first-order valence-electron chi connectivity index (χ1n) is 7.07. The highest BCUT2D eigenvalue weighted by Crippen LogP contribution is 2.24. The van der Waals surface area contributed by atoms with Gasteiger partial charge < -0.3 is 11.1 Å². The molecule has 1 heterocycles. The molecule has 0 bridgehead atoms. The minimum absolute atomic E-state index is 0.00680. The van der Waals surface area contributed by atoms with Crippen LogP contribution in [0.1, 0.15) is 39.5 Å². The summed E-state index contributed by atoms with van der Waals surface area (Å²) in [6.07, 6.45) is 1.89. The van der Waals surface area contributed by atoms with Crippen LogP contribution in [0.4, 0.5) is 0 Å². The zero-order valence-electron chi connectivity index (χ0n) is 11.6. The Hall–Kier alpha value is -1.84. The second-order valence-corrected chi connectivity index (χ2v) is 5.74. The SMILES string of the molecule is NC(c1ccc(Cl)cc1)c1ccc2c(c1)C(=O)NCCC2. The molecule has 21 heavy (non-hydrogen) atoms. The van der Waals surface area contributed by atoms with Crippen LogP contribution < -0.4 is 11.1 Å². The Balaban J connectivity index is 1.96. The minimum Gasteiger partial charge on any atom is -0.352 e. The largest absolute Gasteiger partial charge is 0.352 e. The zero-order chi connectivity index (χ0) is 14.8. The number of carbonyl (C=O) groups is 1. The minimum atomic E-state index is -0.261. The van der Waals surface area contributed by atoms with Gasteiger partial charge in [0.2, 0.25) is 0 Å². The Kier molecular flexibility index (Phi) is 3.95. The summed E-state index contributed by atoms with van der Waals surface area (Å²) in [5.41, 5.74) is 10.1. The number of carbonyl (C=O) groups excluding carboxylic acids is 1. The van der Waals surface area contributed by atoms with Gasteiger partial charge in [-0.25, -0.2) is 0 Å². The average molecular weight is 301 g/mol. The summed E-state index contributed by atoms with van der Waals surface area (Å²) in [5, 5.41) is 3.60. The molecule has 4 heteroatoms. The van der Waals surface area contributed by atoms with Gasteiger partial charge in [0, 0.05) is 17.1 Å². The van der Waals surface area contributed by atoms with Crippen molar-refractivity contribution < 1.29 is 4.79 Å². The van der Waals surface area contributed by atoms with Crippen molar-refractivity contribution >= 4 is 17.5 Å². The van der Waals surface area contributed by atoms with Gasteiger partial charge in [0.25, 0.3) is 5.91 Å². The maximum absolute atomic E-state index is 12.1. The van der Waals surface area contributed by atoms with E-state index in [4.69, 9.17) is 17.3 Å². The first kappa shape index (κ1) is 14.1. The van der Waals surface area contributed by atoms with E-state index in [9.17, 15) is 4.79 Å². The molecule has 1 aliphatic rings. The lowest BCUT2D eigenvalue weighted by molar-refractivity contribution is 0.0956. The Labute approximate surface area is 129 Å². The van der Waals surface area contributed by atoms with E-state index in [0.29, 0.717) is 5.02 Å². The molecule has 1 amide bonds. The Bertz CT molecular complexity index is 667. The van der Waals surface area contributed by atoms with Gasteiger partial charge in [-0.05, 0) is 47.7 Å². The van der Waals surface area contributed by atoms with Crippen LogP contribution in [0.2, 0.25) is 5.02 Å².